The maximum absolute atomic E-state index is 4.45. The molecule has 0 radical (unpaired) electrons. The van der Waals surface area contributed by atoms with E-state index in [0.29, 0.717) is 5.41 Å². The Kier molecular flexibility index (Phi) is 3.72. The van der Waals surface area contributed by atoms with Crippen LogP contribution in [0.5, 0.6) is 0 Å². The Morgan fingerprint density at radius 3 is 3.00 bits per heavy atom. The average Bonchev–Trinajstić information content (AvgIpc) is 2.81. The van der Waals surface area contributed by atoms with Crippen molar-refractivity contribution in [2.75, 3.05) is 26.7 Å². The Bertz CT molecular complexity index is 590. The van der Waals surface area contributed by atoms with E-state index in [1.807, 2.05) is 13.2 Å². The highest BCUT2D eigenvalue weighted by Gasteiger charge is 2.32. The highest BCUT2D eigenvalue weighted by molar-refractivity contribution is 5.81. The van der Waals surface area contributed by atoms with Gasteiger partial charge in [-0.25, -0.2) is 0 Å². The molecule has 1 saturated heterocycles. The summed E-state index contributed by atoms with van der Waals surface area (Å²) < 4.78 is 0. The van der Waals surface area contributed by atoms with Gasteiger partial charge in [-0.1, -0.05) is 25.1 Å². The molecule has 3 nitrogen and oxygen atoms in total. The molecule has 1 aliphatic rings. The van der Waals surface area contributed by atoms with Crippen LogP contribution in [0.25, 0.3) is 10.9 Å². The third-order valence-corrected chi connectivity index (χ3v) is 4.37. The summed E-state index contributed by atoms with van der Waals surface area (Å²) in [6, 6.07) is 10.6. The van der Waals surface area contributed by atoms with E-state index >= 15 is 0 Å². The first-order valence-electron chi connectivity index (χ1n) is 7.40. The predicted octanol–water partition coefficient (Wildman–Crippen LogP) is 2.67. The molecule has 1 N–H and O–H groups in total. The van der Waals surface area contributed by atoms with Crippen LogP contribution in [0.3, 0.4) is 0 Å². The molecule has 1 atom stereocenters. The molecule has 0 amide bonds. The number of nitrogens with zero attached hydrogens (tertiary/aromatic N) is 2. The second kappa shape index (κ2) is 5.51. The first-order chi connectivity index (χ1) is 9.70. The minimum absolute atomic E-state index is 0.414. The van der Waals surface area contributed by atoms with Gasteiger partial charge in [-0.05, 0) is 43.1 Å². The van der Waals surface area contributed by atoms with Gasteiger partial charge in [0.05, 0.1) is 5.52 Å². The highest BCUT2D eigenvalue weighted by atomic mass is 15.2. The van der Waals surface area contributed by atoms with Crippen molar-refractivity contribution < 1.29 is 0 Å². The molecule has 0 aliphatic carbocycles. The van der Waals surface area contributed by atoms with Gasteiger partial charge in [-0.3, -0.25) is 9.88 Å². The largest absolute Gasteiger partial charge is 0.319 e. The van der Waals surface area contributed by atoms with Crippen LogP contribution in [0.2, 0.25) is 0 Å². The van der Waals surface area contributed by atoms with E-state index in [0.717, 1.165) is 18.6 Å². The van der Waals surface area contributed by atoms with Gasteiger partial charge in [-0.2, -0.15) is 0 Å². The van der Waals surface area contributed by atoms with Crippen molar-refractivity contribution in [3.63, 3.8) is 0 Å². The first kappa shape index (κ1) is 13.5. The molecule has 1 aliphatic heterocycles. The van der Waals surface area contributed by atoms with Gasteiger partial charge in [0.2, 0.25) is 0 Å². The van der Waals surface area contributed by atoms with Crippen LogP contribution in [0.1, 0.15) is 18.9 Å². The molecule has 106 valence electrons. The van der Waals surface area contributed by atoms with Gasteiger partial charge in [0.25, 0.3) is 0 Å². The summed E-state index contributed by atoms with van der Waals surface area (Å²) in [6.45, 7) is 6.87. The number of nitrogens with one attached hydrogen (secondary N) is 1. The molecule has 20 heavy (non-hydrogen) atoms. The molecule has 3 heteroatoms. The standard InChI is InChI=1S/C17H23N3/c1-17(12-18-2)8-10-20(13-17)11-14-7-9-19-16-6-4-3-5-15(14)16/h3-7,9,18H,8,10-13H2,1-2H3. The first-order valence-corrected chi connectivity index (χ1v) is 7.40. The molecule has 1 aromatic carbocycles. The number of hydrogen-bond donors (Lipinski definition) is 1. The van der Waals surface area contributed by atoms with Crippen LogP contribution in [0.4, 0.5) is 0 Å². The molecule has 2 heterocycles. The zero-order valence-corrected chi connectivity index (χ0v) is 12.4. The van der Waals surface area contributed by atoms with Crippen molar-refractivity contribution in [2.24, 2.45) is 5.41 Å². The van der Waals surface area contributed by atoms with Crippen LogP contribution in [-0.4, -0.2) is 36.6 Å². The van der Waals surface area contributed by atoms with Gasteiger partial charge in [0.1, 0.15) is 0 Å². The van der Waals surface area contributed by atoms with E-state index in [9.17, 15) is 0 Å². The fraction of sp³-hybridized carbons (Fsp3) is 0.471. The summed E-state index contributed by atoms with van der Waals surface area (Å²) in [5.74, 6) is 0. The van der Waals surface area contributed by atoms with E-state index in [1.54, 1.807) is 0 Å². The zero-order chi connectivity index (χ0) is 14.0. The molecular weight excluding hydrogens is 246 g/mol. The minimum atomic E-state index is 0.414. The smallest absolute Gasteiger partial charge is 0.0705 e. The van der Waals surface area contributed by atoms with E-state index < -0.39 is 0 Å². The quantitative estimate of drug-likeness (QED) is 0.925. The Morgan fingerprint density at radius 1 is 1.30 bits per heavy atom. The summed E-state index contributed by atoms with van der Waals surface area (Å²) in [5, 5.41) is 4.62. The van der Waals surface area contributed by atoms with Gasteiger partial charge in [0.15, 0.2) is 0 Å². The summed E-state index contributed by atoms with van der Waals surface area (Å²) in [4.78, 5) is 7.01. The third-order valence-electron chi connectivity index (χ3n) is 4.37. The molecule has 0 bridgehead atoms. The minimum Gasteiger partial charge on any atom is -0.319 e. The molecule has 0 saturated carbocycles. The number of likely N-dealkylation sites (tertiary alicyclic amines) is 1. The van der Waals surface area contributed by atoms with E-state index in [4.69, 9.17) is 0 Å². The fourth-order valence-electron chi connectivity index (χ4n) is 3.37. The van der Waals surface area contributed by atoms with Gasteiger partial charge >= 0.3 is 0 Å². The van der Waals surface area contributed by atoms with Crippen LogP contribution in [-0.2, 0) is 6.54 Å². The molecule has 2 aromatic rings. The number of hydrogen-bond acceptors (Lipinski definition) is 3. The number of aromatic nitrogens is 1. The highest BCUT2D eigenvalue weighted by Crippen LogP contribution is 2.30. The summed E-state index contributed by atoms with van der Waals surface area (Å²) >= 11 is 0. The maximum atomic E-state index is 4.45. The molecule has 0 spiro atoms. The molecule has 1 aromatic heterocycles. The topological polar surface area (TPSA) is 28.2 Å². The lowest BCUT2D eigenvalue weighted by molar-refractivity contribution is 0.266. The Morgan fingerprint density at radius 2 is 2.15 bits per heavy atom. The lowest BCUT2D eigenvalue weighted by Gasteiger charge is -2.24. The van der Waals surface area contributed by atoms with Crippen molar-refractivity contribution >= 4 is 10.9 Å². The third kappa shape index (κ3) is 2.69. The number of benzene rings is 1. The second-order valence-electron chi connectivity index (χ2n) is 6.29. The lowest BCUT2D eigenvalue weighted by atomic mass is 9.90. The summed E-state index contributed by atoms with van der Waals surface area (Å²) in [5.41, 5.74) is 2.91. The molecule has 1 fully saturated rings. The van der Waals surface area contributed by atoms with E-state index in [-0.39, 0.29) is 0 Å². The second-order valence-corrected chi connectivity index (χ2v) is 6.29. The number of fused-ring (bicyclic) bond motifs is 1. The fourth-order valence-corrected chi connectivity index (χ4v) is 3.37. The molecule has 1 unspecified atom stereocenters. The maximum Gasteiger partial charge on any atom is 0.0705 e. The van der Waals surface area contributed by atoms with Crippen LogP contribution < -0.4 is 5.32 Å². The number of pyridine rings is 1. The lowest BCUT2D eigenvalue weighted by Crippen LogP contribution is -2.32. The molecule has 3 rings (SSSR count). The average molecular weight is 269 g/mol. The van der Waals surface area contributed by atoms with E-state index in [1.165, 1.54) is 30.5 Å². The Balaban J connectivity index is 1.78. The monoisotopic (exact) mass is 269 g/mol. The van der Waals surface area contributed by atoms with E-state index in [2.05, 4.69) is 52.5 Å². The summed E-state index contributed by atoms with van der Waals surface area (Å²) in [6.07, 6.45) is 3.21. The van der Waals surface area contributed by atoms with Crippen molar-refractivity contribution in [1.29, 1.82) is 0 Å². The van der Waals surface area contributed by atoms with Crippen LogP contribution >= 0.6 is 0 Å². The SMILES string of the molecule is CNCC1(C)CCN(Cc2ccnc3ccccc23)C1. The van der Waals surface area contributed by atoms with Crippen LogP contribution in [0, 0.1) is 5.41 Å². The summed E-state index contributed by atoms with van der Waals surface area (Å²) in [7, 11) is 2.05. The van der Waals surface area contributed by atoms with Crippen molar-refractivity contribution in [1.82, 2.24) is 15.2 Å². The van der Waals surface area contributed by atoms with Gasteiger partial charge in [0, 0.05) is 31.2 Å². The number of rotatable bonds is 4. The predicted molar refractivity (Wildman–Crippen MR) is 83.7 cm³/mol. The van der Waals surface area contributed by atoms with Crippen molar-refractivity contribution in [2.45, 2.75) is 19.9 Å². The molecular formula is C17H23N3. The van der Waals surface area contributed by atoms with Gasteiger partial charge in [-0.15, -0.1) is 0 Å². The van der Waals surface area contributed by atoms with Crippen molar-refractivity contribution in [3.8, 4) is 0 Å². The van der Waals surface area contributed by atoms with Gasteiger partial charge < -0.3 is 5.32 Å². The Labute approximate surface area is 121 Å². The normalized spacial score (nSPS) is 23.5. The zero-order valence-electron chi connectivity index (χ0n) is 12.4. The van der Waals surface area contributed by atoms with Crippen LogP contribution in [0.15, 0.2) is 36.5 Å². The Hall–Kier alpha value is -1.45. The van der Waals surface area contributed by atoms with Crippen molar-refractivity contribution in [3.05, 3.63) is 42.1 Å². The number of para-hydroxylation sites is 1.